The first kappa shape index (κ1) is 19.8. The lowest BCUT2D eigenvalue weighted by Crippen LogP contribution is -2.25. The van der Waals surface area contributed by atoms with Crippen LogP contribution in [0.15, 0.2) is 32.7 Å². The maximum absolute atomic E-state index is 11.9. The minimum atomic E-state index is -0.729. The Hall–Kier alpha value is -2.91. The van der Waals surface area contributed by atoms with Crippen molar-refractivity contribution in [3.8, 4) is 22.9 Å². The zero-order valence-corrected chi connectivity index (χ0v) is 16.3. The normalized spacial score (nSPS) is 12.0. The van der Waals surface area contributed by atoms with Gasteiger partial charge in [-0.1, -0.05) is 37.0 Å². The summed E-state index contributed by atoms with van der Waals surface area (Å²) >= 11 is 12.5. The van der Waals surface area contributed by atoms with Gasteiger partial charge in [-0.3, -0.25) is 14.6 Å². The molecule has 2 aromatic heterocycles. The van der Waals surface area contributed by atoms with Gasteiger partial charge in [0.2, 0.25) is 5.88 Å². The van der Waals surface area contributed by atoms with Crippen LogP contribution in [0.3, 0.4) is 0 Å². The monoisotopic (exact) mass is 423 g/mol. The van der Waals surface area contributed by atoms with Gasteiger partial charge in [0.05, 0.1) is 16.2 Å². The van der Waals surface area contributed by atoms with Crippen LogP contribution < -0.4 is 21.5 Å². The van der Waals surface area contributed by atoms with Crippen molar-refractivity contribution in [2.24, 2.45) is 0 Å². The average Bonchev–Trinajstić information content (AvgIpc) is 2.65. The van der Waals surface area contributed by atoms with Gasteiger partial charge in [0.15, 0.2) is 11.4 Å². The molecule has 146 valence electrons. The summed E-state index contributed by atoms with van der Waals surface area (Å²) in [5.41, 5.74) is -1.15. The molecule has 1 atom stereocenters. The molecule has 0 aliphatic heterocycles. The Morgan fingerprint density at radius 3 is 2.43 bits per heavy atom. The summed E-state index contributed by atoms with van der Waals surface area (Å²) in [6.07, 6.45) is 2.04. The standard InChI is InChI=1S/C17H15Cl2N5O4/c1-3-7(2)12-15(25)20-6-11(21-12)28-14-9(18)4-8(5-10(14)19)13-16(26)22-17(27)24-23-13/h4-7H,3H2,1-2H3,(H,20,25)(H2,22,24,26,27)/t7-/m0/s1. The predicted octanol–water partition coefficient (Wildman–Crippen LogP) is 2.82. The fourth-order valence-corrected chi connectivity index (χ4v) is 2.99. The maximum Gasteiger partial charge on any atom is 0.342 e. The van der Waals surface area contributed by atoms with Gasteiger partial charge >= 0.3 is 5.69 Å². The summed E-state index contributed by atoms with van der Waals surface area (Å²) < 4.78 is 5.66. The summed E-state index contributed by atoms with van der Waals surface area (Å²) in [5.74, 6) is 0.160. The van der Waals surface area contributed by atoms with E-state index in [4.69, 9.17) is 27.9 Å². The largest absolute Gasteiger partial charge is 0.434 e. The van der Waals surface area contributed by atoms with Crippen LogP contribution in [0.5, 0.6) is 11.6 Å². The highest BCUT2D eigenvalue weighted by atomic mass is 35.5. The van der Waals surface area contributed by atoms with E-state index in [2.05, 4.69) is 25.1 Å². The molecule has 0 saturated heterocycles. The highest BCUT2D eigenvalue weighted by molar-refractivity contribution is 6.37. The number of benzene rings is 1. The molecule has 11 heteroatoms. The molecule has 3 N–H and O–H groups in total. The van der Waals surface area contributed by atoms with E-state index in [1.165, 1.54) is 18.3 Å². The first-order valence-corrected chi connectivity index (χ1v) is 9.01. The minimum absolute atomic E-state index is 0.0568. The number of nitrogens with one attached hydrogen (secondary N) is 3. The third-order valence-corrected chi connectivity index (χ3v) is 4.62. The van der Waals surface area contributed by atoms with E-state index in [9.17, 15) is 14.4 Å². The molecule has 3 rings (SSSR count). The van der Waals surface area contributed by atoms with E-state index >= 15 is 0 Å². The van der Waals surface area contributed by atoms with E-state index in [0.29, 0.717) is 5.69 Å². The molecule has 3 aromatic rings. The SMILES string of the molecule is CC[C@H](C)c1nc(Oc2c(Cl)cc(-c3n[nH]c(=O)[nH]c3=O)cc2Cl)c[nH]c1=O. The van der Waals surface area contributed by atoms with Gasteiger partial charge in [0.25, 0.3) is 11.1 Å². The first-order chi connectivity index (χ1) is 13.3. The van der Waals surface area contributed by atoms with Crippen LogP contribution in [0.2, 0.25) is 10.0 Å². The summed E-state index contributed by atoms with van der Waals surface area (Å²) in [5, 5.41) is 6.02. The van der Waals surface area contributed by atoms with E-state index < -0.39 is 11.2 Å². The number of rotatable bonds is 5. The number of nitrogens with zero attached hydrogens (tertiary/aromatic N) is 2. The smallest absolute Gasteiger partial charge is 0.342 e. The van der Waals surface area contributed by atoms with Gasteiger partial charge in [0, 0.05) is 11.5 Å². The molecule has 0 radical (unpaired) electrons. The van der Waals surface area contributed by atoms with Crippen molar-refractivity contribution in [2.45, 2.75) is 26.2 Å². The molecule has 0 spiro atoms. The Labute approximate surface area is 167 Å². The van der Waals surface area contributed by atoms with Crippen molar-refractivity contribution in [3.05, 3.63) is 65.3 Å². The van der Waals surface area contributed by atoms with Crippen LogP contribution in [-0.4, -0.2) is 25.1 Å². The van der Waals surface area contributed by atoms with Crippen LogP contribution >= 0.6 is 23.2 Å². The van der Waals surface area contributed by atoms with Crippen molar-refractivity contribution in [2.75, 3.05) is 0 Å². The van der Waals surface area contributed by atoms with Gasteiger partial charge in [-0.2, -0.15) is 5.10 Å². The van der Waals surface area contributed by atoms with Crippen LogP contribution in [0.4, 0.5) is 0 Å². The molecular formula is C17H15Cl2N5O4. The quantitative estimate of drug-likeness (QED) is 0.577. The maximum atomic E-state index is 11.9. The molecule has 9 nitrogen and oxygen atoms in total. The molecule has 0 aliphatic carbocycles. The van der Waals surface area contributed by atoms with Crippen LogP contribution in [0, 0.1) is 0 Å². The van der Waals surface area contributed by atoms with Gasteiger partial charge in [-0.15, -0.1) is 0 Å². The van der Waals surface area contributed by atoms with Crippen LogP contribution in [0.1, 0.15) is 31.9 Å². The third kappa shape index (κ3) is 4.00. The van der Waals surface area contributed by atoms with Gasteiger partial charge in [0.1, 0.15) is 5.69 Å². The van der Waals surface area contributed by atoms with Crippen molar-refractivity contribution in [1.29, 1.82) is 0 Å². The zero-order chi connectivity index (χ0) is 20.4. The molecule has 0 unspecified atom stereocenters. The Kier molecular flexibility index (Phi) is 5.66. The molecule has 0 saturated carbocycles. The van der Waals surface area contributed by atoms with Crippen molar-refractivity contribution >= 4 is 23.2 Å². The second-order valence-corrected chi connectivity index (χ2v) is 6.80. The van der Waals surface area contributed by atoms with E-state index in [1.807, 2.05) is 13.8 Å². The van der Waals surface area contributed by atoms with Gasteiger partial charge in [-0.05, 0) is 18.6 Å². The molecule has 0 bridgehead atoms. The lowest BCUT2D eigenvalue weighted by molar-refractivity contribution is 0.454. The molecule has 0 fully saturated rings. The molecule has 0 amide bonds. The average molecular weight is 424 g/mol. The number of hydrogen-bond donors (Lipinski definition) is 3. The number of aromatic amines is 3. The molecule has 1 aromatic carbocycles. The second kappa shape index (κ2) is 7.99. The highest BCUT2D eigenvalue weighted by Gasteiger charge is 2.17. The zero-order valence-electron chi connectivity index (χ0n) is 14.8. The predicted molar refractivity (Wildman–Crippen MR) is 105 cm³/mol. The number of hydrogen-bond acceptors (Lipinski definition) is 6. The van der Waals surface area contributed by atoms with Gasteiger partial charge < -0.3 is 9.72 Å². The Bertz CT molecular complexity index is 1180. The third-order valence-electron chi connectivity index (χ3n) is 4.06. The summed E-state index contributed by atoms with van der Waals surface area (Å²) in [4.78, 5) is 43.8. The molecular weight excluding hydrogens is 409 g/mol. The lowest BCUT2D eigenvalue weighted by atomic mass is 10.1. The van der Waals surface area contributed by atoms with Crippen molar-refractivity contribution in [3.63, 3.8) is 0 Å². The molecule has 2 heterocycles. The summed E-state index contributed by atoms with van der Waals surface area (Å²) in [7, 11) is 0. The topological polar surface area (TPSA) is 134 Å². The number of ether oxygens (including phenoxy) is 1. The number of H-pyrrole nitrogens is 3. The van der Waals surface area contributed by atoms with E-state index in [-0.39, 0.29) is 44.4 Å². The Morgan fingerprint density at radius 2 is 1.82 bits per heavy atom. The summed E-state index contributed by atoms with van der Waals surface area (Å²) in [6.45, 7) is 3.82. The van der Waals surface area contributed by atoms with Crippen molar-refractivity contribution < 1.29 is 4.74 Å². The first-order valence-electron chi connectivity index (χ1n) is 8.26. The van der Waals surface area contributed by atoms with Crippen LogP contribution in [-0.2, 0) is 0 Å². The van der Waals surface area contributed by atoms with E-state index in [0.717, 1.165) is 6.42 Å². The highest BCUT2D eigenvalue weighted by Crippen LogP contribution is 2.38. The molecule has 0 aliphatic rings. The minimum Gasteiger partial charge on any atom is -0.434 e. The van der Waals surface area contributed by atoms with Crippen molar-refractivity contribution in [1.82, 2.24) is 25.1 Å². The van der Waals surface area contributed by atoms with Crippen LogP contribution in [0.25, 0.3) is 11.3 Å². The number of halogens is 2. The molecule has 28 heavy (non-hydrogen) atoms. The lowest BCUT2D eigenvalue weighted by Gasteiger charge is -2.12. The Balaban J connectivity index is 2.00. The van der Waals surface area contributed by atoms with Gasteiger partial charge in [-0.25, -0.2) is 14.9 Å². The van der Waals surface area contributed by atoms with E-state index in [1.54, 1.807) is 0 Å². The fraction of sp³-hybridized carbons (Fsp3) is 0.235. The second-order valence-electron chi connectivity index (χ2n) is 5.99. The number of aromatic nitrogens is 5. The summed E-state index contributed by atoms with van der Waals surface area (Å²) in [6, 6.07) is 2.83. The Morgan fingerprint density at radius 1 is 1.14 bits per heavy atom. The fourth-order valence-electron chi connectivity index (χ4n) is 2.42.